The molecule has 3 aromatic heterocycles. The number of carbonyl (C=O) groups is 1. The third kappa shape index (κ3) is 5.41. The SMILES string of the molecule is O=C(NCc1cn(-c2ccc(-c3ccc[nH]c3=O)cc2OC(F)(F)F)nn1)c1ccc(Cl)s1. The van der Waals surface area contributed by atoms with Crippen LogP contribution in [0.5, 0.6) is 5.75 Å². The second-order valence-corrected chi connectivity index (χ2v) is 8.30. The molecular formula is C20H13ClF3N5O3S. The Bertz CT molecular complexity index is 1370. The summed E-state index contributed by atoms with van der Waals surface area (Å²) in [5.41, 5.74) is 0.175. The van der Waals surface area contributed by atoms with Crippen LogP contribution in [0.25, 0.3) is 16.8 Å². The van der Waals surface area contributed by atoms with Gasteiger partial charge in [-0.2, -0.15) is 0 Å². The maximum absolute atomic E-state index is 13.0. The van der Waals surface area contributed by atoms with E-state index in [0.29, 0.717) is 14.9 Å². The van der Waals surface area contributed by atoms with E-state index in [9.17, 15) is 22.8 Å². The summed E-state index contributed by atoms with van der Waals surface area (Å²) in [4.78, 5) is 27.0. The van der Waals surface area contributed by atoms with Gasteiger partial charge in [-0.15, -0.1) is 29.6 Å². The minimum Gasteiger partial charge on any atom is -0.403 e. The predicted octanol–water partition coefficient (Wildman–Crippen LogP) is 4.17. The first kappa shape index (κ1) is 22.6. The number of nitrogens with zero attached hydrogens (tertiary/aromatic N) is 3. The molecule has 0 radical (unpaired) electrons. The molecular weight excluding hydrogens is 483 g/mol. The van der Waals surface area contributed by atoms with Gasteiger partial charge in [0.2, 0.25) is 0 Å². The highest BCUT2D eigenvalue weighted by molar-refractivity contribution is 7.17. The van der Waals surface area contributed by atoms with Gasteiger partial charge in [0.25, 0.3) is 11.5 Å². The zero-order chi connectivity index (χ0) is 23.6. The molecule has 0 unspecified atom stereocenters. The molecule has 0 bridgehead atoms. The molecule has 0 saturated heterocycles. The Morgan fingerprint density at radius 2 is 2.06 bits per heavy atom. The summed E-state index contributed by atoms with van der Waals surface area (Å²) >= 11 is 6.92. The summed E-state index contributed by atoms with van der Waals surface area (Å²) in [5, 5.41) is 10.3. The molecule has 4 rings (SSSR count). The van der Waals surface area contributed by atoms with Crippen LogP contribution in [0, 0.1) is 0 Å². The lowest BCUT2D eigenvalue weighted by Gasteiger charge is -2.14. The first-order valence-corrected chi connectivity index (χ1v) is 10.4. The lowest BCUT2D eigenvalue weighted by Crippen LogP contribution is -2.21. The van der Waals surface area contributed by atoms with Gasteiger partial charge in [0.05, 0.1) is 22.0 Å². The van der Waals surface area contributed by atoms with Crippen molar-refractivity contribution in [2.75, 3.05) is 0 Å². The number of alkyl halides is 3. The largest absolute Gasteiger partial charge is 0.573 e. The number of hydrogen-bond acceptors (Lipinski definition) is 6. The number of pyridine rings is 1. The average Bonchev–Trinajstić information content (AvgIpc) is 3.40. The molecule has 13 heteroatoms. The number of ether oxygens (including phenoxy) is 1. The van der Waals surface area contributed by atoms with Crippen LogP contribution in [0.2, 0.25) is 4.34 Å². The van der Waals surface area contributed by atoms with E-state index in [2.05, 4.69) is 25.3 Å². The molecule has 33 heavy (non-hydrogen) atoms. The van der Waals surface area contributed by atoms with E-state index in [-0.39, 0.29) is 29.3 Å². The molecule has 4 aromatic rings. The summed E-state index contributed by atoms with van der Waals surface area (Å²) in [6, 6.07) is 10.1. The van der Waals surface area contributed by atoms with Crippen molar-refractivity contribution in [1.29, 1.82) is 0 Å². The van der Waals surface area contributed by atoms with Crippen LogP contribution in [-0.4, -0.2) is 32.2 Å². The molecule has 8 nitrogen and oxygen atoms in total. The van der Waals surface area contributed by atoms with Crippen LogP contribution in [0.4, 0.5) is 13.2 Å². The molecule has 0 aliphatic rings. The second kappa shape index (κ2) is 9.08. The number of amides is 1. The first-order valence-electron chi connectivity index (χ1n) is 9.22. The van der Waals surface area contributed by atoms with E-state index < -0.39 is 17.7 Å². The maximum atomic E-state index is 13.0. The van der Waals surface area contributed by atoms with Gasteiger partial charge in [0.1, 0.15) is 11.4 Å². The number of hydrogen-bond donors (Lipinski definition) is 2. The number of aromatic nitrogens is 4. The lowest BCUT2D eigenvalue weighted by atomic mass is 10.1. The zero-order valence-electron chi connectivity index (χ0n) is 16.4. The molecule has 3 heterocycles. The Morgan fingerprint density at radius 3 is 2.76 bits per heavy atom. The van der Waals surface area contributed by atoms with Crippen molar-refractivity contribution < 1.29 is 22.7 Å². The van der Waals surface area contributed by atoms with Gasteiger partial charge in [0, 0.05) is 11.8 Å². The molecule has 2 N–H and O–H groups in total. The van der Waals surface area contributed by atoms with Crippen molar-refractivity contribution in [3.8, 4) is 22.6 Å². The Balaban J connectivity index is 1.60. The number of nitrogens with one attached hydrogen (secondary N) is 2. The van der Waals surface area contributed by atoms with Gasteiger partial charge in [-0.1, -0.05) is 22.9 Å². The number of H-pyrrole nitrogens is 1. The van der Waals surface area contributed by atoms with Gasteiger partial charge in [-0.3, -0.25) is 9.59 Å². The van der Waals surface area contributed by atoms with E-state index in [1.807, 2.05) is 0 Å². The third-order valence-corrected chi connectivity index (χ3v) is 5.56. The highest BCUT2D eigenvalue weighted by Gasteiger charge is 2.33. The van der Waals surface area contributed by atoms with Crippen LogP contribution in [0.15, 0.2) is 59.7 Å². The highest BCUT2D eigenvalue weighted by atomic mass is 35.5. The standard InChI is InChI=1S/C20H13ClF3N5O3S/c21-17-6-5-16(33-17)19(31)26-9-12-10-29(28-27-12)14-4-3-11(8-15(14)32-20(22,23)24)13-2-1-7-25-18(13)30/h1-8,10H,9H2,(H,25,30)(H,26,31). The fraction of sp³-hybridized carbons (Fsp3) is 0.100. The van der Waals surface area contributed by atoms with Crippen LogP contribution >= 0.6 is 22.9 Å². The Kier molecular flexibility index (Phi) is 6.20. The lowest BCUT2D eigenvalue weighted by molar-refractivity contribution is -0.274. The molecule has 0 fully saturated rings. The van der Waals surface area contributed by atoms with Crippen molar-refractivity contribution in [3.05, 3.63) is 80.1 Å². The molecule has 1 aromatic carbocycles. The quantitative estimate of drug-likeness (QED) is 0.418. The van der Waals surface area contributed by atoms with Crippen molar-refractivity contribution in [1.82, 2.24) is 25.3 Å². The van der Waals surface area contributed by atoms with Crippen molar-refractivity contribution in [3.63, 3.8) is 0 Å². The normalized spacial score (nSPS) is 11.4. The van der Waals surface area contributed by atoms with Gasteiger partial charge in [-0.25, -0.2) is 4.68 Å². The van der Waals surface area contributed by atoms with Crippen LogP contribution in [0.3, 0.4) is 0 Å². The van der Waals surface area contributed by atoms with Gasteiger partial charge in [-0.05, 0) is 42.0 Å². The van der Waals surface area contributed by atoms with E-state index in [4.69, 9.17) is 11.6 Å². The number of rotatable bonds is 6. The van der Waals surface area contributed by atoms with Crippen LogP contribution < -0.4 is 15.6 Å². The van der Waals surface area contributed by atoms with E-state index in [0.717, 1.165) is 22.1 Å². The molecule has 1 amide bonds. The van der Waals surface area contributed by atoms with Crippen molar-refractivity contribution >= 4 is 28.8 Å². The van der Waals surface area contributed by atoms with Crippen molar-refractivity contribution in [2.45, 2.75) is 12.9 Å². The molecule has 0 saturated carbocycles. The number of thiophene rings is 1. The Morgan fingerprint density at radius 1 is 1.24 bits per heavy atom. The molecule has 0 atom stereocenters. The number of carbonyl (C=O) groups excluding carboxylic acids is 1. The highest BCUT2D eigenvalue weighted by Crippen LogP contribution is 2.32. The van der Waals surface area contributed by atoms with Crippen molar-refractivity contribution in [2.24, 2.45) is 0 Å². The number of halogens is 4. The van der Waals surface area contributed by atoms with Gasteiger partial charge in [0.15, 0.2) is 5.75 Å². The smallest absolute Gasteiger partial charge is 0.403 e. The Labute approximate surface area is 192 Å². The molecule has 0 aliphatic carbocycles. The predicted molar refractivity (Wildman–Crippen MR) is 115 cm³/mol. The topological polar surface area (TPSA) is 102 Å². The van der Waals surface area contributed by atoms with E-state index in [1.165, 1.54) is 30.6 Å². The number of aromatic amines is 1. The molecule has 170 valence electrons. The summed E-state index contributed by atoms with van der Waals surface area (Å²) in [7, 11) is 0. The van der Waals surface area contributed by atoms with Crippen LogP contribution in [-0.2, 0) is 6.54 Å². The summed E-state index contributed by atoms with van der Waals surface area (Å²) in [5.74, 6) is -0.947. The van der Waals surface area contributed by atoms with Crippen LogP contribution in [0.1, 0.15) is 15.4 Å². The van der Waals surface area contributed by atoms with E-state index >= 15 is 0 Å². The minimum atomic E-state index is -4.98. The number of benzene rings is 1. The minimum absolute atomic E-state index is 0.0126. The maximum Gasteiger partial charge on any atom is 0.573 e. The third-order valence-electron chi connectivity index (χ3n) is 4.33. The fourth-order valence-corrected chi connectivity index (χ4v) is 3.88. The summed E-state index contributed by atoms with van der Waals surface area (Å²) in [6.45, 7) is -0.0126. The monoisotopic (exact) mass is 495 g/mol. The molecule has 0 spiro atoms. The summed E-state index contributed by atoms with van der Waals surface area (Å²) in [6.07, 6.45) is -2.21. The van der Waals surface area contributed by atoms with Gasteiger partial charge < -0.3 is 15.0 Å². The van der Waals surface area contributed by atoms with Gasteiger partial charge >= 0.3 is 6.36 Å². The second-order valence-electron chi connectivity index (χ2n) is 6.58. The summed E-state index contributed by atoms with van der Waals surface area (Å²) < 4.78 is 44.8. The van der Waals surface area contributed by atoms with E-state index in [1.54, 1.807) is 18.2 Å². The fourth-order valence-electron chi connectivity index (χ4n) is 2.92. The first-order chi connectivity index (χ1) is 15.7. The molecule has 0 aliphatic heterocycles. The average molecular weight is 496 g/mol. The Hall–Kier alpha value is -3.64. The zero-order valence-corrected chi connectivity index (χ0v) is 18.0.